The van der Waals surface area contributed by atoms with Gasteiger partial charge in [-0.1, -0.05) is 64.1 Å². The van der Waals surface area contributed by atoms with Gasteiger partial charge in [0.2, 0.25) is 0 Å². The van der Waals surface area contributed by atoms with Crippen molar-refractivity contribution in [3.05, 3.63) is 65.4 Å². The van der Waals surface area contributed by atoms with Crippen LogP contribution in [-0.2, 0) is 0 Å². The van der Waals surface area contributed by atoms with E-state index < -0.39 is 0 Å². The lowest BCUT2D eigenvalue weighted by Gasteiger charge is -2.35. The molecule has 0 bridgehead atoms. The van der Waals surface area contributed by atoms with Crippen LogP contribution in [0.3, 0.4) is 0 Å². The summed E-state index contributed by atoms with van der Waals surface area (Å²) < 4.78 is 13.1. The number of piperidine rings is 1. The van der Waals surface area contributed by atoms with Crippen molar-refractivity contribution in [1.82, 2.24) is 9.88 Å². The van der Waals surface area contributed by atoms with Crippen molar-refractivity contribution in [3.8, 4) is 0 Å². The summed E-state index contributed by atoms with van der Waals surface area (Å²) in [5, 5.41) is 1.33. The summed E-state index contributed by atoms with van der Waals surface area (Å²) in [5.41, 5.74) is 7.82. The number of hydrogen-bond acceptors (Lipinski definition) is 1. The fourth-order valence-corrected chi connectivity index (χ4v) is 5.12. The molecule has 33 heavy (non-hydrogen) atoms. The zero-order valence-corrected chi connectivity index (χ0v) is 21.5. The first-order chi connectivity index (χ1) is 15.8. The predicted octanol–water partition coefficient (Wildman–Crippen LogP) is 8.39. The highest BCUT2D eigenvalue weighted by Gasteiger charge is 2.25. The molecule has 180 valence electrons. The summed E-state index contributed by atoms with van der Waals surface area (Å²) in [5.74, 6) is 1.51. The monoisotopic (exact) mass is 450 g/mol. The van der Waals surface area contributed by atoms with Gasteiger partial charge in [0.25, 0.3) is 0 Å². The minimum atomic E-state index is -0.258. The molecule has 2 aromatic rings. The quantitative estimate of drug-likeness (QED) is 0.380. The number of halogens is 1. The number of rotatable bonds is 9. The summed E-state index contributed by atoms with van der Waals surface area (Å²) >= 11 is 0. The van der Waals surface area contributed by atoms with Crippen molar-refractivity contribution in [2.24, 2.45) is 5.92 Å². The molecule has 0 amide bonds. The Morgan fingerprint density at radius 3 is 2.48 bits per heavy atom. The lowest BCUT2D eigenvalue weighted by molar-refractivity contribution is 0.140. The summed E-state index contributed by atoms with van der Waals surface area (Å²) in [7, 11) is 0. The van der Waals surface area contributed by atoms with E-state index in [2.05, 4.69) is 81.4 Å². The third kappa shape index (κ3) is 5.69. The Bertz CT molecular complexity index is 1000. The van der Waals surface area contributed by atoms with Crippen LogP contribution in [0.4, 0.5) is 4.39 Å². The molecule has 2 unspecified atom stereocenters. The van der Waals surface area contributed by atoms with E-state index in [-0.39, 0.29) is 12.7 Å². The van der Waals surface area contributed by atoms with Crippen molar-refractivity contribution >= 4 is 16.5 Å². The predicted molar refractivity (Wildman–Crippen MR) is 143 cm³/mol. The number of hydrogen-bond donors (Lipinski definition) is 1. The second kappa shape index (κ2) is 11.3. The van der Waals surface area contributed by atoms with Crippen LogP contribution in [-0.4, -0.2) is 35.7 Å². The number of allylic oxidation sites excluding steroid dienone is 5. The van der Waals surface area contributed by atoms with Gasteiger partial charge in [0.1, 0.15) is 6.67 Å². The first-order valence-electron chi connectivity index (χ1n) is 12.8. The first kappa shape index (κ1) is 25.5. The summed E-state index contributed by atoms with van der Waals surface area (Å²) in [6.07, 6.45) is 9.69. The first-order valence-corrected chi connectivity index (χ1v) is 12.8. The second-order valence-corrected chi connectivity index (χ2v) is 10.2. The normalized spacial score (nSPS) is 18.8. The topological polar surface area (TPSA) is 19.0 Å². The highest BCUT2D eigenvalue weighted by Crippen LogP contribution is 2.37. The van der Waals surface area contributed by atoms with Gasteiger partial charge in [-0.05, 0) is 92.8 Å². The minimum absolute atomic E-state index is 0.0372. The molecular weight excluding hydrogens is 407 g/mol. The molecule has 0 saturated carbocycles. The molecule has 1 saturated heterocycles. The molecule has 3 heteroatoms. The van der Waals surface area contributed by atoms with E-state index >= 15 is 0 Å². The van der Waals surface area contributed by atoms with Gasteiger partial charge in [-0.3, -0.25) is 4.90 Å². The van der Waals surface area contributed by atoms with E-state index in [4.69, 9.17) is 0 Å². The third-order valence-corrected chi connectivity index (χ3v) is 7.65. The summed E-state index contributed by atoms with van der Waals surface area (Å²) in [6, 6.07) is 7.01. The van der Waals surface area contributed by atoms with Crippen molar-refractivity contribution in [2.45, 2.75) is 78.7 Å². The second-order valence-electron chi connectivity index (χ2n) is 10.2. The molecule has 1 aromatic heterocycles. The average Bonchev–Trinajstić information content (AvgIpc) is 3.21. The number of benzene rings is 1. The molecule has 1 aromatic carbocycles. The minimum Gasteiger partial charge on any atom is -0.354 e. The third-order valence-electron chi connectivity index (χ3n) is 7.65. The maximum Gasteiger partial charge on any atom is 0.105 e. The Balaban J connectivity index is 1.99. The van der Waals surface area contributed by atoms with Gasteiger partial charge in [0, 0.05) is 22.6 Å². The van der Waals surface area contributed by atoms with E-state index in [0.29, 0.717) is 17.8 Å². The smallest absolute Gasteiger partial charge is 0.105 e. The number of likely N-dealkylation sites (tertiary alicyclic amines) is 1. The van der Waals surface area contributed by atoms with Gasteiger partial charge in [0.05, 0.1) is 0 Å². The highest BCUT2D eigenvalue weighted by molar-refractivity contribution is 5.92. The van der Waals surface area contributed by atoms with Crippen molar-refractivity contribution in [1.29, 1.82) is 0 Å². The van der Waals surface area contributed by atoms with Gasteiger partial charge in [-0.15, -0.1) is 0 Å². The number of nitrogens with zero attached hydrogens (tertiary/aromatic N) is 1. The molecule has 2 heterocycles. The molecular formula is C30H43FN2. The maximum atomic E-state index is 13.1. The Hall–Kier alpha value is -2.13. The highest BCUT2D eigenvalue weighted by atomic mass is 19.1. The number of nitrogens with one attached hydrogen (secondary N) is 1. The van der Waals surface area contributed by atoms with Gasteiger partial charge in [-0.2, -0.15) is 0 Å². The van der Waals surface area contributed by atoms with Crippen LogP contribution in [0, 0.1) is 5.92 Å². The summed E-state index contributed by atoms with van der Waals surface area (Å²) in [4.78, 5) is 6.03. The molecule has 1 aliphatic heterocycles. The Morgan fingerprint density at radius 2 is 1.91 bits per heavy atom. The molecule has 0 radical (unpaired) electrons. The standard InChI is InChI=1S/C30H43FN2/c1-8-10-26(17-22(6)21(5)9-2)30-29(20(3)4)27-18-25(11-12-28(27)32-30)24-13-15-33(16-14-24)23(7)19-31/h8,10-12,17-18,20-21,23-24,32H,1,9,13-16,19H2,2-7H3/b22-17-,26-10+. The van der Waals surface area contributed by atoms with E-state index in [9.17, 15) is 4.39 Å². The Morgan fingerprint density at radius 1 is 1.21 bits per heavy atom. The fraction of sp³-hybridized carbons (Fsp3) is 0.533. The van der Waals surface area contributed by atoms with E-state index in [0.717, 1.165) is 32.4 Å². The number of alkyl halides is 1. The Kier molecular flexibility index (Phi) is 8.75. The molecule has 0 spiro atoms. The Labute approximate surface area is 200 Å². The van der Waals surface area contributed by atoms with Crippen LogP contribution >= 0.6 is 0 Å². The van der Waals surface area contributed by atoms with Crippen molar-refractivity contribution in [2.75, 3.05) is 19.8 Å². The molecule has 3 rings (SSSR count). The van der Waals surface area contributed by atoms with Gasteiger partial charge < -0.3 is 4.98 Å². The van der Waals surface area contributed by atoms with Crippen LogP contribution in [0.15, 0.2) is 48.6 Å². The molecule has 2 nitrogen and oxygen atoms in total. The average molecular weight is 451 g/mol. The number of fused-ring (bicyclic) bond motifs is 1. The molecule has 2 atom stereocenters. The van der Waals surface area contributed by atoms with E-state index in [1.807, 2.05) is 13.0 Å². The van der Waals surface area contributed by atoms with E-state index in [1.54, 1.807) is 0 Å². The van der Waals surface area contributed by atoms with Gasteiger partial charge in [0.15, 0.2) is 0 Å². The number of H-pyrrole nitrogens is 1. The van der Waals surface area contributed by atoms with Crippen molar-refractivity contribution < 1.29 is 4.39 Å². The molecule has 1 fully saturated rings. The zero-order valence-electron chi connectivity index (χ0n) is 21.5. The molecule has 1 N–H and O–H groups in total. The SMILES string of the molecule is C=C/C=C(\C=C(\C)C(C)CC)c1[nH]c2ccc(C3CCN(C(C)CF)CC3)cc2c1C(C)C. The summed E-state index contributed by atoms with van der Waals surface area (Å²) in [6.45, 7) is 19.0. The molecule has 0 aliphatic carbocycles. The zero-order chi connectivity index (χ0) is 24.1. The lowest BCUT2D eigenvalue weighted by Crippen LogP contribution is -2.40. The molecule has 1 aliphatic rings. The van der Waals surface area contributed by atoms with Crippen LogP contribution < -0.4 is 0 Å². The van der Waals surface area contributed by atoms with Crippen LogP contribution in [0.2, 0.25) is 0 Å². The largest absolute Gasteiger partial charge is 0.354 e. The van der Waals surface area contributed by atoms with Gasteiger partial charge >= 0.3 is 0 Å². The maximum absolute atomic E-state index is 13.1. The van der Waals surface area contributed by atoms with E-state index in [1.165, 1.54) is 38.9 Å². The fourth-order valence-electron chi connectivity index (χ4n) is 5.12. The number of aromatic nitrogens is 1. The van der Waals surface area contributed by atoms with Crippen LogP contribution in [0.25, 0.3) is 16.5 Å². The lowest BCUT2D eigenvalue weighted by atomic mass is 9.87. The van der Waals surface area contributed by atoms with Crippen LogP contribution in [0.1, 0.15) is 89.5 Å². The van der Waals surface area contributed by atoms with Crippen molar-refractivity contribution in [3.63, 3.8) is 0 Å². The van der Waals surface area contributed by atoms with Gasteiger partial charge in [-0.25, -0.2) is 4.39 Å². The number of aromatic amines is 1. The van der Waals surface area contributed by atoms with Crippen LogP contribution in [0.5, 0.6) is 0 Å².